The first-order chi connectivity index (χ1) is 10.1. The number of aromatic nitrogens is 2. The molecule has 1 saturated heterocycles. The van der Waals surface area contributed by atoms with Gasteiger partial charge in [-0.2, -0.15) is 0 Å². The van der Waals surface area contributed by atoms with Crippen LogP contribution < -0.4 is 0 Å². The summed E-state index contributed by atoms with van der Waals surface area (Å²) in [6.45, 7) is 9.76. The molecule has 0 bridgehead atoms. The second-order valence-corrected chi connectivity index (χ2v) is 6.65. The number of hydrogen-bond donors (Lipinski definition) is 0. The molecule has 2 aromatic rings. The van der Waals surface area contributed by atoms with Gasteiger partial charge in [0.15, 0.2) is 5.82 Å². The summed E-state index contributed by atoms with van der Waals surface area (Å²) in [7, 11) is 2.18. The van der Waals surface area contributed by atoms with Gasteiger partial charge in [0.25, 0.3) is 0 Å². The van der Waals surface area contributed by atoms with Crippen LogP contribution in [0.4, 0.5) is 0 Å². The monoisotopic (exact) mass is 302 g/mol. The Balaban J connectivity index is 1.69. The molecule has 1 aliphatic rings. The minimum Gasteiger partial charge on any atom is -0.304 e. The Morgan fingerprint density at radius 2 is 1.95 bits per heavy atom. The van der Waals surface area contributed by atoms with Crippen LogP contribution in [0.1, 0.15) is 17.1 Å². The minimum atomic E-state index is 0.829. The SMILES string of the molecule is Cc1csc2c(C)nc(/C=C/CN3CCN(C)CC3)nc12. The summed E-state index contributed by atoms with van der Waals surface area (Å²) in [5, 5.41) is 2.16. The van der Waals surface area contributed by atoms with E-state index in [9.17, 15) is 0 Å². The number of hydrogen-bond acceptors (Lipinski definition) is 5. The molecule has 0 N–H and O–H groups in total. The van der Waals surface area contributed by atoms with Crippen molar-refractivity contribution >= 4 is 27.6 Å². The molecule has 5 heteroatoms. The minimum absolute atomic E-state index is 0.829. The normalized spacial score (nSPS) is 18.0. The van der Waals surface area contributed by atoms with E-state index in [4.69, 9.17) is 0 Å². The molecule has 0 unspecified atom stereocenters. The molecular formula is C16H22N4S. The lowest BCUT2D eigenvalue weighted by Gasteiger charge is -2.31. The lowest BCUT2D eigenvalue weighted by atomic mass is 10.3. The fourth-order valence-electron chi connectivity index (χ4n) is 2.61. The van der Waals surface area contributed by atoms with Crippen molar-refractivity contribution in [3.8, 4) is 0 Å². The first-order valence-corrected chi connectivity index (χ1v) is 8.31. The average Bonchev–Trinajstić information content (AvgIpc) is 2.83. The first-order valence-electron chi connectivity index (χ1n) is 7.43. The highest BCUT2D eigenvalue weighted by atomic mass is 32.1. The Morgan fingerprint density at radius 3 is 2.71 bits per heavy atom. The lowest BCUT2D eigenvalue weighted by molar-refractivity contribution is 0.167. The van der Waals surface area contributed by atoms with E-state index in [1.54, 1.807) is 11.3 Å². The zero-order valence-corrected chi connectivity index (χ0v) is 13.8. The predicted octanol–water partition coefficient (Wildman–Crippen LogP) is 2.57. The van der Waals surface area contributed by atoms with Crippen molar-refractivity contribution in [3.63, 3.8) is 0 Å². The maximum atomic E-state index is 4.68. The molecule has 0 atom stereocenters. The van der Waals surface area contributed by atoms with Gasteiger partial charge in [-0.1, -0.05) is 6.08 Å². The topological polar surface area (TPSA) is 32.3 Å². The van der Waals surface area contributed by atoms with E-state index in [1.807, 2.05) is 0 Å². The highest BCUT2D eigenvalue weighted by Crippen LogP contribution is 2.25. The number of thiophene rings is 1. The van der Waals surface area contributed by atoms with Crippen molar-refractivity contribution in [1.29, 1.82) is 0 Å². The lowest BCUT2D eigenvalue weighted by Crippen LogP contribution is -2.44. The van der Waals surface area contributed by atoms with Crippen molar-refractivity contribution in [2.24, 2.45) is 0 Å². The smallest absolute Gasteiger partial charge is 0.152 e. The molecule has 0 spiro atoms. The van der Waals surface area contributed by atoms with E-state index >= 15 is 0 Å². The third kappa shape index (κ3) is 3.31. The summed E-state index contributed by atoms with van der Waals surface area (Å²) in [6, 6.07) is 0. The van der Waals surface area contributed by atoms with Crippen molar-refractivity contribution in [3.05, 3.63) is 28.5 Å². The molecule has 3 heterocycles. The largest absolute Gasteiger partial charge is 0.304 e. The maximum absolute atomic E-state index is 4.68. The quantitative estimate of drug-likeness (QED) is 0.872. The Hall–Kier alpha value is -1.30. The van der Waals surface area contributed by atoms with Gasteiger partial charge in [0.1, 0.15) is 0 Å². The van der Waals surface area contributed by atoms with Gasteiger partial charge in [-0.3, -0.25) is 4.90 Å². The van der Waals surface area contributed by atoms with E-state index in [-0.39, 0.29) is 0 Å². The fraction of sp³-hybridized carbons (Fsp3) is 0.500. The Morgan fingerprint density at radius 1 is 1.19 bits per heavy atom. The van der Waals surface area contributed by atoms with Crippen LogP contribution >= 0.6 is 11.3 Å². The Bertz CT molecular complexity index is 654. The first kappa shape index (κ1) is 14.6. The van der Waals surface area contributed by atoms with Crippen LogP contribution in [0, 0.1) is 13.8 Å². The predicted molar refractivity (Wildman–Crippen MR) is 89.9 cm³/mol. The van der Waals surface area contributed by atoms with Crippen LogP contribution in [0.2, 0.25) is 0 Å². The van der Waals surface area contributed by atoms with Crippen LogP contribution in [0.15, 0.2) is 11.5 Å². The molecule has 2 aromatic heterocycles. The van der Waals surface area contributed by atoms with Crippen LogP contribution in [0.25, 0.3) is 16.3 Å². The molecule has 0 saturated carbocycles. The summed E-state index contributed by atoms with van der Waals surface area (Å²) in [5.74, 6) is 0.829. The second-order valence-electron chi connectivity index (χ2n) is 5.77. The van der Waals surface area contributed by atoms with Crippen LogP contribution in [0.5, 0.6) is 0 Å². The highest BCUT2D eigenvalue weighted by molar-refractivity contribution is 7.17. The van der Waals surface area contributed by atoms with E-state index in [1.165, 1.54) is 10.3 Å². The third-order valence-electron chi connectivity index (χ3n) is 4.01. The van der Waals surface area contributed by atoms with Gasteiger partial charge < -0.3 is 4.90 Å². The summed E-state index contributed by atoms with van der Waals surface area (Å²) in [4.78, 5) is 14.1. The van der Waals surface area contributed by atoms with Gasteiger partial charge in [0.05, 0.1) is 15.9 Å². The summed E-state index contributed by atoms with van der Waals surface area (Å²) < 4.78 is 1.21. The highest BCUT2D eigenvalue weighted by Gasteiger charge is 2.12. The second kappa shape index (κ2) is 6.22. The fourth-order valence-corrected chi connectivity index (χ4v) is 3.55. The zero-order chi connectivity index (χ0) is 14.8. The Labute approximate surface area is 130 Å². The average molecular weight is 302 g/mol. The van der Waals surface area contributed by atoms with Gasteiger partial charge in [0.2, 0.25) is 0 Å². The van der Waals surface area contributed by atoms with Gasteiger partial charge in [-0.05, 0) is 37.9 Å². The molecule has 112 valence electrons. The molecule has 4 nitrogen and oxygen atoms in total. The third-order valence-corrected chi connectivity index (χ3v) is 5.20. The molecule has 21 heavy (non-hydrogen) atoms. The molecule has 0 aliphatic carbocycles. The van der Waals surface area contributed by atoms with Crippen LogP contribution in [-0.4, -0.2) is 59.5 Å². The van der Waals surface area contributed by atoms with E-state index in [0.717, 1.165) is 49.8 Å². The molecule has 0 radical (unpaired) electrons. The number of rotatable bonds is 3. The summed E-state index contributed by atoms with van der Waals surface area (Å²) in [5.41, 5.74) is 3.43. The van der Waals surface area contributed by atoms with Crippen molar-refractivity contribution < 1.29 is 0 Å². The van der Waals surface area contributed by atoms with E-state index < -0.39 is 0 Å². The molecule has 1 aliphatic heterocycles. The van der Waals surface area contributed by atoms with Gasteiger partial charge in [0, 0.05) is 32.7 Å². The number of likely N-dealkylation sites (N-methyl/N-ethyl adjacent to an activating group) is 1. The molecule has 3 rings (SSSR count). The van der Waals surface area contributed by atoms with Crippen molar-refractivity contribution in [1.82, 2.24) is 19.8 Å². The van der Waals surface area contributed by atoms with Crippen molar-refractivity contribution in [2.75, 3.05) is 39.8 Å². The van der Waals surface area contributed by atoms with E-state index in [0.29, 0.717) is 0 Å². The number of fused-ring (bicyclic) bond motifs is 1. The van der Waals surface area contributed by atoms with E-state index in [2.05, 4.69) is 58.2 Å². The van der Waals surface area contributed by atoms with Crippen molar-refractivity contribution in [2.45, 2.75) is 13.8 Å². The number of nitrogens with zero attached hydrogens (tertiary/aromatic N) is 4. The molecule has 0 amide bonds. The van der Waals surface area contributed by atoms with Gasteiger partial charge in [-0.15, -0.1) is 11.3 Å². The van der Waals surface area contributed by atoms with Gasteiger partial charge >= 0.3 is 0 Å². The number of piperazine rings is 1. The summed E-state index contributed by atoms with van der Waals surface area (Å²) in [6.07, 6.45) is 4.25. The zero-order valence-electron chi connectivity index (χ0n) is 13.0. The number of aryl methyl sites for hydroxylation is 2. The molecular weight excluding hydrogens is 280 g/mol. The van der Waals surface area contributed by atoms with Crippen LogP contribution in [0.3, 0.4) is 0 Å². The maximum Gasteiger partial charge on any atom is 0.152 e. The standard InChI is InChI=1S/C16H22N4S/c1-12-11-21-16-13(2)17-14(18-15(12)16)5-4-6-20-9-7-19(3)8-10-20/h4-5,11H,6-10H2,1-3H3/b5-4+. The van der Waals surface area contributed by atoms with Gasteiger partial charge in [-0.25, -0.2) is 9.97 Å². The molecule has 1 fully saturated rings. The van der Waals surface area contributed by atoms with Crippen LogP contribution in [-0.2, 0) is 0 Å². The Kier molecular flexibility index (Phi) is 4.33. The molecule has 0 aromatic carbocycles. The summed E-state index contributed by atoms with van der Waals surface area (Å²) >= 11 is 1.73.